The van der Waals surface area contributed by atoms with E-state index in [0.29, 0.717) is 25.5 Å². The highest BCUT2D eigenvalue weighted by Crippen LogP contribution is 2.28. The van der Waals surface area contributed by atoms with Gasteiger partial charge < -0.3 is 14.3 Å². The highest BCUT2D eigenvalue weighted by Gasteiger charge is 2.33. The third-order valence-corrected chi connectivity index (χ3v) is 4.55. The number of aromatic nitrogens is 4. The molecule has 0 saturated heterocycles. The highest BCUT2D eigenvalue weighted by atomic mass is 16.3. The number of rotatable bonds is 5. The number of hydrogen-bond acceptors (Lipinski definition) is 6. The van der Waals surface area contributed by atoms with Crippen LogP contribution in [0.3, 0.4) is 0 Å². The zero-order chi connectivity index (χ0) is 17.9. The van der Waals surface area contributed by atoms with Gasteiger partial charge in [-0.1, -0.05) is 0 Å². The molecule has 0 fully saturated rings. The Kier molecular flexibility index (Phi) is 4.49. The SMILES string of the molecule is Cn1cnc2c1[C@@H](C(=O)NCc1ncccn1)CN(Cc1ccoc1)C2. The predicted octanol–water partition coefficient (Wildman–Crippen LogP) is 1.22. The van der Waals surface area contributed by atoms with E-state index >= 15 is 0 Å². The minimum absolute atomic E-state index is 0.0424. The van der Waals surface area contributed by atoms with Gasteiger partial charge in [-0.3, -0.25) is 9.69 Å². The van der Waals surface area contributed by atoms with Gasteiger partial charge >= 0.3 is 0 Å². The van der Waals surface area contributed by atoms with Gasteiger partial charge in [-0.15, -0.1) is 0 Å². The van der Waals surface area contributed by atoms with Gasteiger partial charge in [-0.2, -0.15) is 0 Å². The zero-order valence-corrected chi connectivity index (χ0v) is 14.5. The summed E-state index contributed by atoms with van der Waals surface area (Å²) in [5, 5.41) is 2.96. The summed E-state index contributed by atoms with van der Waals surface area (Å²) < 4.78 is 7.09. The number of nitrogens with one attached hydrogen (secondary N) is 1. The van der Waals surface area contributed by atoms with Crippen molar-refractivity contribution in [2.75, 3.05) is 6.54 Å². The average molecular weight is 352 g/mol. The Labute approximate surface area is 150 Å². The smallest absolute Gasteiger partial charge is 0.230 e. The Hall–Kier alpha value is -3.00. The Morgan fingerprint density at radius 3 is 2.96 bits per heavy atom. The van der Waals surface area contributed by atoms with Crippen molar-refractivity contribution < 1.29 is 9.21 Å². The second kappa shape index (κ2) is 7.09. The molecule has 1 N–H and O–H groups in total. The molecule has 3 aromatic heterocycles. The molecule has 0 radical (unpaired) electrons. The number of fused-ring (bicyclic) bond motifs is 1. The van der Waals surface area contributed by atoms with Crippen LogP contribution >= 0.6 is 0 Å². The molecule has 3 aromatic rings. The van der Waals surface area contributed by atoms with Crippen LogP contribution in [0.1, 0.15) is 28.7 Å². The van der Waals surface area contributed by atoms with E-state index in [-0.39, 0.29) is 11.8 Å². The van der Waals surface area contributed by atoms with E-state index in [1.807, 2.05) is 17.7 Å². The largest absolute Gasteiger partial charge is 0.472 e. The van der Waals surface area contributed by atoms with Crippen LogP contribution in [0.2, 0.25) is 0 Å². The van der Waals surface area contributed by atoms with Gasteiger partial charge in [0.05, 0.1) is 42.7 Å². The molecule has 1 amide bonds. The Balaban J connectivity index is 1.50. The second-order valence-electron chi connectivity index (χ2n) is 6.42. The summed E-state index contributed by atoms with van der Waals surface area (Å²) in [5.74, 6) is 0.262. The molecule has 1 aliphatic rings. The van der Waals surface area contributed by atoms with Crippen molar-refractivity contribution >= 4 is 5.91 Å². The lowest BCUT2D eigenvalue weighted by Gasteiger charge is -2.31. The summed E-state index contributed by atoms with van der Waals surface area (Å²) in [6, 6.07) is 3.69. The maximum Gasteiger partial charge on any atom is 0.230 e. The fourth-order valence-corrected chi connectivity index (χ4v) is 3.36. The molecular formula is C18H20N6O2. The van der Waals surface area contributed by atoms with Crippen LogP contribution in [0.15, 0.2) is 47.8 Å². The summed E-state index contributed by atoms with van der Waals surface area (Å²) in [5.41, 5.74) is 3.00. The molecule has 0 saturated carbocycles. The summed E-state index contributed by atoms with van der Waals surface area (Å²) in [6.07, 6.45) is 8.50. The molecule has 4 rings (SSSR count). The fourth-order valence-electron chi connectivity index (χ4n) is 3.36. The van der Waals surface area contributed by atoms with Gasteiger partial charge in [0.15, 0.2) is 0 Å². The van der Waals surface area contributed by atoms with Crippen molar-refractivity contribution in [1.29, 1.82) is 0 Å². The van der Waals surface area contributed by atoms with Crippen LogP contribution in [0, 0.1) is 0 Å². The lowest BCUT2D eigenvalue weighted by atomic mass is 9.96. The predicted molar refractivity (Wildman–Crippen MR) is 92.6 cm³/mol. The van der Waals surface area contributed by atoms with Crippen molar-refractivity contribution in [2.24, 2.45) is 7.05 Å². The molecule has 134 valence electrons. The third kappa shape index (κ3) is 3.36. The first-order valence-corrected chi connectivity index (χ1v) is 8.48. The monoisotopic (exact) mass is 352 g/mol. The topological polar surface area (TPSA) is 89.1 Å². The molecule has 0 aromatic carbocycles. The fraction of sp³-hybridized carbons (Fsp3) is 0.333. The average Bonchev–Trinajstić information content (AvgIpc) is 3.30. The Morgan fingerprint density at radius 2 is 2.19 bits per heavy atom. The van der Waals surface area contributed by atoms with Crippen LogP contribution in [0.5, 0.6) is 0 Å². The van der Waals surface area contributed by atoms with Crippen LogP contribution in [0.25, 0.3) is 0 Å². The first-order valence-electron chi connectivity index (χ1n) is 8.48. The molecule has 8 nitrogen and oxygen atoms in total. The molecule has 0 bridgehead atoms. The van der Waals surface area contributed by atoms with Crippen molar-refractivity contribution in [3.8, 4) is 0 Å². The van der Waals surface area contributed by atoms with Crippen molar-refractivity contribution in [3.63, 3.8) is 0 Å². The van der Waals surface area contributed by atoms with Crippen LogP contribution in [0.4, 0.5) is 0 Å². The van der Waals surface area contributed by atoms with Crippen molar-refractivity contribution in [1.82, 2.24) is 29.7 Å². The normalized spacial score (nSPS) is 17.0. The van der Waals surface area contributed by atoms with E-state index in [1.54, 1.807) is 37.3 Å². The van der Waals surface area contributed by atoms with Crippen molar-refractivity contribution in [2.45, 2.75) is 25.6 Å². The van der Waals surface area contributed by atoms with Gasteiger partial charge in [-0.05, 0) is 12.1 Å². The first kappa shape index (κ1) is 16.5. The van der Waals surface area contributed by atoms with E-state index in [2.05, 4.69) is 25.2 Å². The molecular weight excluding hydrogens is 332 g/mol. The maximum absolute atomic E-state index is 12.9. The number of nitrogens with zero attached hydrogens (tertiary/aromatic N) is 5. The van der Waals surface area contributed by atoms with Crippen LogP contribution < -0.4 is 5.32 Å². The Bertz CT molecular complexity index is 874. The van der Waals surface area contributed by atoms with E-state index in [1.165, 1.54) is 0 Å². The summed E-state index contributed by atoms with van der Waals surface area (Å²) in [4.78, 5) is 27.9. The van der Waals surface area contributed by atoms with Gasteiger partial charge in [-0.25, -0.2) is 15.0 Å². The number of imidazole rings is 1. The number of hydrogen-bond donors (Lipinski definition) is 1. The molecule has 0 aliphatic carbocycles. The summed E-state index contributed by atoms with van der Waals surface area (Å²) in [6.45, 7) is 2.37. The quantitative estimate of drug-likeness (QED) is 0.743. The second-order valence-corrected chi connectivity index (χ2v) is 6.42. The van der Waals surface area contributed by atoms with Gasteiger partial charge in [0, 0.05) is 44.6 Å². The minimum Gasteiger partial charge on any atom is -0.472 e. The standard InChI is InChI=1S/C18H20N6O2/c1-23-12-22-15-10-24(8-13-3-6-26-11-13)9-14(17(15)23)18(25)21-7-16-19-4-2-5-20-16/h2-6,11-12,14H,7-10H2,1H3,(H,21,25)/t14-/m0/s1. The van der Waals surface area contributed by atoms with E-state index in [0.717, 1.165) is 23.5 Å². The maximum atomic E-state index is 12.9. The van der Waals surface area contributed by atoms with Gasteiger partial charge in [0.2, 0.25) is 5.91 Å². The van der Waals surface area contributed by atoms with E-state index < -0.39 is 0 Å². The summed E-state index contributed by atoms with van der Waals surface area (Å²) in [7, 11) is 1.93. The number of carbonyl (C=O) groups is 1. The molecule has 8 heteroatoms. The number of aryl methyl sites for hydroxylation is 1. The lowest BCUT2D eigenvalue weighted by Crippen LogP contribution is -2.41. The first-order chi connectivity index (χ1) is 12.7. The van der Waals surface area contributed by atoms with Gasteiger partial charge in [0.25, 0.3) is 0 Å². The van der Waals surface area contributed by atoms with E-state index in [4.69, 9.17) is 4.42 Å². The van der Waals surface area contributed by atoms with Crippen LogP contribution in [-0.2, 0) is 31.5 Å². The summed E-state index contributed by atoms with van der Waals surface area (Å²) >= 11 is 0. The molecule has 0 unspecified atom stereocenters. The van der Waals surface area contributed by atoms with Crippen LogP contribution in [-0.4, -0.2) is 36.9 Å². The van der Waals surface area contributed by atoms with E-state index in [9.17, 15) is 4.79 Å². The molecule has 4 heterocycles. The minimum atomic E-state index is -0.290. The van der Waals surface area contributed by atoms with Gasteiger partial charge in [0.1, 0.15) is 5.82 Å². The Morgan fingerprint density at radius 1 is 1.35 bits per heavy atom. The number of amides is 1. The van der Waals surface area contributed by atoms with Crippen molar-refractivity contribution in [3.05, 3.63) is 66.2 Å². The zero-order valence-electron chi connectivity index (χ0n) is 14.5. The molecule has 1 atom stereocenters. The number of furan rings is 1. The molecule has 0 spiro atoms. The lowest BCUT2D eigenvalue weighted by molar-refractivity contribution is -0.123. The highest BCUT2D eigenvalue weighted by molar-refractivity contribution is 5.84. The number of carbonyl (C=O) groups excluding carboxylic acids is 1. The molecule has 26 heavy (non-hydrogen) atoms. The molecule has 1 aliphatic heterocycles. The third-order valence-electron chi connectivity index (χ3n) is 4.55.